The van der Waals surface area contributed by atoms with Gasteiger partial charge in [0.25, 0.3) is 6.33 Å². The fourth-order valence-electron chi connectivity index (χ4n) is 1.21. The van der Waals surface area contributed by atoms with Gasteiger partial charge in [-0.05, 0) is 12.1 Å². The molecule has 0 saturated carbocycles. The summed E-state index contributed by atoms with van der Waals surface area (Å²) in [5.74, 6) is 0.00176. The van der Waals surface area contributed by atoms with Gasteiger partial charge in [-0.1, -0.05) is 4.98 Å². The van der Waals surface area contributed by atoms with E-state index in [1.807, 2.05) is 0 Å². The Kier molecular flexibility index (Phi) is 1.45. The molecular weight excluding hydrogens is 170 g/mol. The molecule has 0 radical (unpaired) electrons. The number of anilines is 1. The van der Waals surface area contributed by atoms with E-state index < -0.39 is 0 Å². The fourth-order valence-corrected chi connectivity index (χ4v) is 1.21. The van der Waals surface area contributed by atoms with E-state index in [2.05, 4.69) is 4.98 Å². The van der Waals surface area contributed by atoms with Gasteiger partial charge in [0.05, 0.1) is 5.69 Å². The molecule has 0 spiro atoms. The lowest BCUT2D eigenvalue weighted by molar-refractivity contribution is -0.580. The predicted octanol–water partition coefficient (Wildman–Crippen LogP) is 0.156. The van der Waals surface area contributed by atoms with Crippen molar-refractivity contribution in [3.63, 3.8) is 0 Å². The third kappa shape index (κ3) is 1.01. The highest BCUT2D eigenvalue weighted by molar-refractivity contribution is 5.90. The number of nitrogens with two attached hydrogens (primary N) is 1. The van der Waals surface area contributed by atoms with Gasteiger partial charge in [-0.3, -0.25) is 0 Å². The molecule has 0 amide bonds. The maximum Gasteiger partial charge on any atom is 0.289 e. The Bertz CT molecular complexity index is 462. The highest BCUT2D eigenvalue weighted by Gasteiger charge is 2.09. The normalized spacial score (nSPS) is 10.5. The first-order chi connectivity index (χ1) is 6.20. The summed E-state index contributed by atoms with van der Waals surface area (Å²) in [5, 5.41) is 20.9. The van der Waals surface area contributed by atoms with Crippen LogP contribution in [0.5, 0.6) is 5.75 Å². The van der Waals surface area contributed by atoms with Crippen LogP contribution in [0, 0.1) is 5.21 Å². The second kappa shape index (κ2) is 2.48. The Morgan fingerprint density at radius 2 is 2.23 bits per heavy atom. The lowest BCUT2D eigenvalue weighted by Gasteiger charge is -2.06. The number of nitrogen functional groups attached to an aromatic ring is 1. The zero-order valence-corrected chi connectivity index (χ0v) is 6.64. The molecule has 0 aliphatic rings. The van der Waals surface area contributed by atoms with Gasteiger partial charge in [-0.15, -0.1) is 0 Å². The third-order valence-electron chi connectivity index (χ3n) is 1.82. The molecule has 1 aromatic heterocycles. The number of aromatic hydroxyl groups is 1. The molecule has 5 nitrogen and oxygen atoms in total. The SMILES string of the molecule is Nc1ccc(O)c2cnc[n+]([O-])c12. The molecule has 0 aliphatic carbocycles. The number of hydrogen-bond donors (Lipinski definition) is 2. The van der Waals surface area contributed by atoms with Crippen LogP contribution in [-0.4, -0.2) is 10.1 Å². The maximum absolute atomic E-state index is 11.2. The Balaban J connectivity index is 3.00. The van der Waals surface area contributed by atoms with Gasteiger partial charge >= 0.3 is 0 Å². The van der Waals surface area contributed by atoms with E-state index >= 15 is 0 Å². The molecule has 66 valence electrons. The monoisotopic (exact) mass is 177 g/mol. The van der Waals surface area contributed by atoms with Gasteiger partial charge in [-0.2, -0.15) is 0 Å². The molecular formula is C8H7N3O2. The summed E-state index contributed by atoms with van der Waals surface area (Å²) in [6.07, 6.45) is 2.49. The maximum atomic E-state index is 11.2. The van der Waals surface area contributed by atoms with Crippen LogP contribution in [0.25, 0.3) is 10.9 Å². The van der Waals surface area contributed by atoms with Crippen molar-refractivity contribution in [1.29, 1.82) is 0 Å². The summed E-state index contributed by atoms with van der Waals surface area (Å²) in [7, 11) is 0. The Labute approximate surface area is 73.6 Å². The van der Waals surface area contributed by atoms with Crippen molar-refractivity contribution < 1.29 is 9.84 Å². The summed E-state index contributed by atoms with van der Waals surface area (Å²) in [4.78, 5) is 3.65. The first-order valence-electron chi connectivity index (χ1n) is 3.64. The predicted molar refractivity (Wildman–Crippen MR) is 46.8 cm³/mol. The lowest BCUT2D eigenvalue weighted by Crippen LogP contribution is -2.27. The minimum atomic E-state index is 0.00176. The molecule has 13 heavy (non-hydrogen) atoms. The molecule has 0 bridgehead atoms. The lowest BCUT2D eigenvalue weighted by atomic mass is 10.2. The number of aromatic nitrogens is 2. The second-order valence-corrected chi connectivity index (χ2v) is 2.66. The number of phenolic OH excluding ortho intramolecular Hbond substituents is 1. The van der Waals surface area contributed by atoms with Crippen LogP contribution < -0.4 is 10.5 Å². The van der Waals surface area contributed by atoms with E-state index in [-0.39, 0.29) is 11.3 Å². The molecule has 0 fully saturated rings. The second-order valence-electron chi connectivity index (χ2n) is 2.66. The van der Waals surface area contributed by atoms with Crippen molar-refractivity contribution in [2.75, 3.05) is 5.73 Å². The summed E-state index contributed by atoms with van der Waals surface area (Å²) in [6, 6.07) is 2.91. The van der Waals surface area contributed by atoms with E-state index in [9.17, 15) is 10.3 Å². The average Bonchev–Trinajstić information content (AvgIpc) is 2.12. The number of phenols is 1. The summed E-state index contributed by atoms with van der Waals surface area (Å²) >= 11 is 0. The minimum absolute atomic E-state index is 0.00176. The smallest absolute Gasteiger partial charge is 0.289 e. The van der Waals surface area contributed by atoms with Crippen molar-refractivity contribution in [2.24, 2.45) is 0 Å². The van der Waals surface area contributed by atoms with Crippen LogP contribution in [0.1, 0.15) is 0 Å². The molecule has 2 aromatic rings. The van der Waals surface area contributed by atoms with E-state index in [0.29, 0.717) is 15.8 Å². The van der Waals surface area contributed by atoms with E-state index in [1.54, 1.807) is 0 Å². The summed E-state index contributed by atoms with van der Waals surface area (Å²) in [6.45, 7) is 0. The van der Waals surface area contributed by atoms with Gasteiger partial charge in [0.2, 0.25) is 0 Å². The van der Waals surface area contributed by atoms with Crippen LogP contribution in [0.4, 0.5) is 5.69 Å². The molecule has 0 aliphatic heterocycles. The summed E-state index contributed by atoms with van der Waals surface area (Å²) < 4.78 is 0.532. The number of rotatable bonds is 0. The van der Waals surface area contributed by atoms with Crippen molar-refractivity contribution in [2.45, 2.75) is 0 Å². The van der Waals surface area contributed by atoms with E-state index in [4.69, 9.17) is 5.73 Å². The van der Waals surface area contributed by atoms with Gasteiger partial charge < -0.3 is 16.0 Å². The first-order valence-corrected chi connectivity index (χ1v) is 3.64. The molecule has 2 rings (SSSR count). The number of benzene rings is 1. The highest BCUT2D eigenvalue weighted by Crippen LogP contribution is 2.25. The molecule has 3 N–H and O–H groups in total. The highest BCUT2D eigenvalue weighted by atomic mass is 16.5. The van der Waals surface area contributed by atoms with Crippen LogP contribution in [-0.2, 0) is 0 Å². The average molecular weight is 177 g/mol. The number of nitrogens with zero attached hydrogens (tertiary/aromatic N) is 2. The van der Waals surface area contributed by atoms with E-state index in [1.165, 1.54) is 18.3 Å². The quantitative estimate of drug-likeness (QED) is 0.259. The van der Waals surface area contributed by atoms with Gasteiger partial charge in [0, 0.05) is 0 Å². The van der Waals surface area contributed by atoms with Gasteiger partial charge in [0.1, 0.15) is 11.1 Å². The molecule has 0 atom stereocenters. The number of hydrogen-bond acceptors (Lipinski definition) is 4. The molecule has 0 unspecified atom stereocenters. The van der Waals surface area contributed by atoms with Crippen LogP contribution >= 0.6 is 0 Å². The zero-order chi connectivity index (χ0) is 9.42. The Hall–Kier alpha value is -2.04. The third-order valence-corrected chi connectivity index (χ3v) is 1.82. The van der Waals surface area contributed by atoms with Gasteiger partial charge in [-0.25, -0.2) is 4.73 Å². The molecule has 5 heteroatoms. The summed E-state index contributed by atoms with van der Waals surface area (Å²) in [5.41, 5.74) is 6.14. The largest absolute Gasteiger partial charge is 0.710 e. The van der Waals surface area contributed by atoms with Gasteiger partial charge in [0.15, 0.2) is 11.7 Å². The zero-order valence-electron chi connectivity index (χ0n) is 6.64. The Morgan fingerprint density at radius 1 is 1.46 bits per heavy atom. The topological polar surface area (TPSA) is 86.1 Å². The van der Waals surface area contributed by atoms with Crippen molar-refractivity contribution in [3.05, 3.63) is 29.9 Å². The molecule has 1 heterocycles. The van der Waals surface area contributed by atoms with Crippen LogP contribution in [0.2, 0.25) is 0 Å². The first kappa shape index (κ1) is 7.60. The Morgan fingerprint density at radius 3 is 2.92 bits per heavy atom. The minimum Gasteiger partial charge on any atom is -0.710 e. The van der Waals surface area contributed by atoms with Crippen molar-refractivity contribution >= 4 is 16.6 Å². The van der Waals surface area contributed by atoms with Crippen LogP contribution in [0.3, 0.4) is 0 Å². The molecule has 1 aromatic carbocycles. The van der Waals surface area contributed by atoms with Crippen molar-refractivity contribution in [1.82, 2.24) is 4.98 Å². The van der Waals surface area contributed by atoms with E-state index in [0.717, 1.165) is 6.33 Å². The van der Waals surface area contributed by atoms with Crippen LogP contribution in [0.15, 0.2) is 24.7 Å². The standard InChI is InChI=1S/C8H7N3O2/c9-6-1-2-7(12)5-3-10-4-11(13)8(5)6/h1-4,12H,9H2. The number of fused-ring (bicyclic) bond motifs is 1. The molecule has 0 saturated heterocycles. The van der Waals surface area contributed by atoms with Crippen molar-refractivity contribution in [3.8, 4) is 5.75 Å². The fraction of sp³-hybridized carbons (Fsp3) is 0.